The van der Waals surface area contributed by atoms with Crippen LogP contribution in [-0.2, 0) is 9.59 Å². The summed E-state index contributed by atoms with van der Waals surface area (Å²) in [6, 6.07) is 0. The van der Waals surface area contributed by atoms with Crippen molar-refractivity contribution >= 4 is 11.8 Å². The number of nitrogens with zero attached hydrogens (tertiary/aromatic N) is 5. The summed E-state index contributed by atoms with van der Waals surface area (Å²) >= 11 is 0. The highest BCUT2D eigenvalue weighted by atomic mass is 16.2. The summed E-state index contributed by atoms with van der Waals surface area (Å²) in [6.45, 7) is 4.39. The van der Waals surface area contributed by atoms with Crippen LogP contribution in [0.25, 0.3) is 10.4 Å². The maximum absolute atomic E-state index is 11.6. The Morgan fingerprint density at radius 1 is 1.31 bits per heavy atom. The molecule has 1 aliphatic heterocycles. The van der Waals surface area contributed by atoms with Crippen molar-refractivity contribution in [1.29, 1.82) is 0 Å². The summed E-state index contributed by atoms with van der Waals surface area (Å²) in [5.41, 5.74) is 8.08. The molecule has 0 unspecified atom stereocenters. The SMILES string of the molecule is CCN1CCN(CCCN=[N+]=[N-])C(=O)C1=O. The van der Waals surface area contributed by atoms with E-state index in [0.717, 1.165) is 0 Å². The Morgan fingerprint density at radius 3 is 2.56 bits per heavy atom. The van der Waals surface area contributed by atoms with Crippen molar-refractivity contribution in [3.05, 3.63) is 10.4 Å². The molecule has 0 aromatic carbocycles. The van der Waals surface area contributed by atoms with Gasteiger partial charge in [-0.2, -0.15) is 0 Å². The average Bonchev–Trinajstić information content (AvgIpc) is 2.30. The average molecular weight is 225 g/mol. The van der Waals surface area contributed by atoms with Gasteiger partial charge in [-0.05, 0) is 18.9 Å². The van der Waals surface area contributed by atoms with Crippen LogP contribution in [0.5, 0.6) is 0 Å². The van der Waals surface area contributed by atoms with E-state index in [1.807, 2.05) is 6.92 Å². The van der Waals surface area contributed by atoms with E-state index in [9.17, 15) is 9.59 Å². The fourth-order valence-electron chi connectivity index (χ4n) is 1.61. The Morgan fingerprint density at radius 2 is 1.94 bits per heavy atom. The molecule has 0 bridgehead atoms. The highest BCUT2D eigenvalue weighted by Gasteiger charge is 2.30. The monoisotopic (exact) mass is 225 g/mol. The molecule has 0 aliphatic carbocycles. The Kier molecular flexibility index (Phi) is 4.60. The number of piperazine rings is 1. The normalized spacial score (nSPS) is 16.3. The highest BCUT2D eigenvalue weighted by molar-refractivity contribution is 6.35. The van der Waals surface area contributed by atoms with Crippen molar-refractivity contribution in [1.82, 2.24) is 9.80 Å². The minimum Gasteiger partial charge on any atom is -0.333 e. The van der Waals surface area contributed by atoms with Gasteiger partial charge in [0, 0.05) is 37.6 Å². The molecule has 7 heteroatoms. The van der Waals surface area contributed by atoms with E-state index in [0.29, 0.717) is 39.1 Å². The van der Waals surface area contributed by atoms with E-state index in [-0.39, 0.29) is 0 Å². The van der Waals surface area contributed by atoms with Gasteiger partial charge in [0.1, 0.15) is 0 Å². The van der Waals surface area contributed by atoms with Crippen LogP contribution in [0.1, 0.15) is 13.3 Å². The van der Waals surface area contributed by atoms with E-state index < -0.39 is 11.8 Å². The van der Waals surface area contributed by atoms with Crippen LogP contribution in [0.3, 0.4) is 0 Å². The lowest BCUT2D eigenvalue weighted by Gasteiger charge is -2.32. The molecule has 0 aromatic heterocycles. The second-order valence-corrected chi connectivity index (χ2v) is 3.49. The number of carbonyl (C=O) groups excluding carboxylic acids is 2. The predicted octanol–water partition coefficient (Wildman–Crippen LogP) is 0.377. The first-order chi connectivity index (χ1) is 7.70. The first-order valence-corrected chi connectivity index (χ1v) is 5.29. The molecule has 0 saturated carbocycles. The second kappa shape index (κ2) is 5.97. The third-order valence-electron chi connectivity index (χ3n) is 2.53. The Labute approximate surface area is 93.6 Å². The van der Waals surface area contributed by atoms with Crippen molar-refractivity contribution in [3.63, 3.8) is 0 Å². The lowest BCUT2D eigenvalue weighted by Crippen LogP contribution is -2.54. The van der Waals surface area contributed by atoms with Gasteiger partial charge in [0.15, 0.2) is 0 Å². The lowest BCUT2D eigenvalue weighted by molar-refractivity contribution is -0.155. The van der Waals surface area contributed by atoms with Crippen LogP contribution in [0.2, 0.25) is 0 Å². The summed E-state index contributed by atoms with van der Waals surface area (Å²) in [4.78, 5) is 28.8. The first-order valence-electron chi connectivity index (χ1n) is 5.29. The van der Waals surface area contributed by atoms with Gasteiger partial charge >= 0.3 is 11.8 Å². The number of rotatable bonds is 5. The molecule has 16 heavy (non-hydrogen) atoms. The standard InChI is InChI=1S/C9H15N5O2/c1-2-13-6-7-14(9(16)8(13)15)5-3-4-11-12-10/h2-7H2,1H3. The van der Waals surface area contributed by atoms with Gasteiger partial charge < -0.3 is 9.80 Å². The molecular formula is C9H15N5O2. The molecule has 1 saturated heterocycles. The fraction of sp³-hybridized carbons (Fsp3) is 0.778. The van der Waals surface area contributed by atoms with E-state index >= 15 is 0 Å². The third kappa shape index (κ3) is 2.87. The van der Waals surface area contributed by atoms with Crippen molar-refractivity contribution in [2.45, 2.75) is 13.3 Å². The maximum Gasteiger partial charge on any atom is 0.312 e. The minimum absolute atomic E-state index is 0.353. The van der Waals surface area contributed by atoms with Gasteiger partial charge in [0.25, 0.3) is 0 Å². The van der Waals surface area contributed by atoms with Crippen LogP contribution in [0.15, 0.2) is 5.11 Å². The molecule has 1 fully saturated rings. The summed E-state index contributed by atoms with van der Waals surface area (Å²) < 4.78 is 0. The molecule has 1 heterocycles. The summed E-state index contributed by atoms with van der Waals surface area (Å²) in [7, 11) is 0. The molecule has 0 spiro atoms. The highest BCUT2D eigenvalue weighted by Crippen LogP contribution is 2.05. The van der Waals surface area contributed by atoms with E-state index in [2.05, 4.69) is 10.0 Å². The zero-order valence-corrected chi connectivity index (χ0v) is 9.30. The summed E-state index contributed by atoms with van der Waals surface area (Å²) in [6.07, 6.45) is 0.592. The number of hydrogen-bond acceptors (Lipinski definition) is 3. The Balaban J connectivity index is 2.42. The van der Waals surface area contributed by atoms with Gasteiger partial charge in [0.2, 0.25) is 0 Å². The van der Waals surface area contributed by atoms with Crippen LogP contribution < -0.4 is 0 Å². The topological polar surface area (TPSA) is 89.4 Å². The molecule has 2 amide bonds. The first kappa shape index (κ1) is 12.3. The van der Waals surface area contributed by atoms with E-state index in [1.54, 1.807) is 0 Å². The van der Waals surface area contributed by atoms with Gasteiger partial charge in [-0.3, -0.25) is 9.59 Å². The fourth-order valence-corrected chi connectivity index (χ4v) is 1.61. The van der Waals surface area contributed by atoms with E-state index in [4.69, 9.17) is 5.53 Å². The zero-order chi connectivity index (χ0) is 12.0. The largest absolute Gasteiger partial charge is 0.333 e. The molecule has 7 nitrogen and oxygen atoms in total. The van der Waals surface area contributed by atoms with Crippen LogP contribution in [0, 0.1) is 0 Å². The Hall–Kier alpha value is -1.75. The van der Waals surface area contributed by atoms with E-state index in [1.165, 1.54) is 9.80 Å². The van der Waals surface area contributed by atoms with Crippen molar-refractivity contribution in [2.24, 2.45) is 5.11 Å². The molecule has 0 atom stereocenters. The molecule has 1 aliphatic rings. The zero-order valence-electron chi connectivity index (χ0n) is 9.30. The van der Waals surface area contributed by atoms with Crippen LogP contribution >= 0.6 is 0 Å². The number of likely N-dealkylation sites (N-methyl/N-ethyl adjacent to an activating group) is 1. The van der Waals surface area contributed by atoms with Gasteiger partial charge in [-0.25, -0.2) is 0 Å². The molecular weight excluding hydrogens is 210 g/mol. The third-order valence-corrected chi connectivity index (χ3v) is 2.53. The van der Waals surface area contributed by atoms with Crippen molar-refractivity contribution in [3.8, 4) is 0 Å². The molecule has 0 N–H and O–H groups in total. The van der Waals surface area contributed by atoms with Crippen molar-refractivity contribution < 1.29 is 9.59 Å². The second-order valence-electron chi connectivity index (χ2n) is 3.49. The number of amides is 2. The summed E-state index contributed by atoms with van der Waals surface area (Å²) in [5, 5.41) is 3.38. The molecule has 1 rings (SSSR count). The molecule has 0 radical (unpaired) electrons. The smallest absolute Gasteiger partial charge is 0.312 e. The van der Waals surface area contributed by atoms with Crippen LogP contribution in [0.4, 0.5) is 0 Å². The van der Waals surface area contributed by atoms with Gasteiger partial charge in [0.05, 0.1) is 0 Å². The van der Waals surface area contributed by atoms with Gasteiger partial charge in [-0.15, -0.1) is 0 Å². The van der Waals surface area contributed by atoms with Gasteiger partial charge in [-0.1, -0.05) is 5.11 Å². The number of hydrogen-bond donors (Lipinski definition) is 0. The summed E-state index contributed by atoms with van der Waals surface area (Å²) in [5.74, 6) is -0.883. The predicted molar refractivity (Wildman–Crippen MR) is 57.5 cm³/mol. The minimum atomic E-state index is -0.450. The number of carbonyl (C=O) groups is 2. The number of azide groups is 1. The van der Waals surface area contributed by atoms with Crippen LogP contribution in [-0.4, -0.2) is 54.3 Å². The Bertz CT molecular complexity index is 324. The molecule has 88 valence electrons. The molecule has 0 aromatic rings. The van der Waals surface area contributed by atoms with Crippen molar-refractivity contribution in [2.75, 3.05) is 32.7 Å². The lowest BCUT2D eigenvalue weighted by atomic mass is 10.2. The maximum atomic E-state index is 11.6. The quantitative estimate of drug-likeness (QED) is 0.222.